The number of nitrogens with zero attached hydrogens (tertiary/aromatic N) is 1. The molecule has 5 heteroatoms. The Labute approximate surface area is 99.8 Å². The van der Waals surface area contributed by atoms with Crippen LogP contribution in [0.15, 0.2) is 33.5 Å². The van der Waals surface area contributed by atoms with Gasteiger partial charge in [-0.15, -0.1) is 0 Å². The fourth-order valence-corrected chi connectivity index (χ4v) is 2.16. The first-order chi connectivity index (χ1) is 7.20. The highest BCUT2D eigenvalue weighted by Crippen LogP contribution is 2.29. The van der Waals surface area contributed by atoms with Crippen LogP contribution in [0.25, 0.3) is 11.3 Å². The van der Waals surface area contributed by atoms with Gasteiger partial charge in [-0.2, -0.15) is 0 Å². The molecule has 0 fully saturated rings. The highest BCUT2D eigenvalue weighted by Gasteiger charge is 2.10. The Hall–Kier alpha value is -0.840. The van der Waals surface area contributed by atoms with Crippen LogP contribution in [0.1, 0.15) is 5.69 Å². The molecule has 0 saturated heterocycles. The summed E-state index contributed by atoms with van der Waals surface area (Å²) in [5.74, 6) is 0.542. The lowest BCUT2D eigenvalue weighted by molar-refractivity contribution is 0.277. The fraction of sp³-hybridized carbons (Fsp3) is 0.100. The predicted molar refractivity (Wildman–Crippen MR) is 60.6 cm³/mol. The van der Waals surface area contributed by atoms with Crippen LogP contribution in [0, 0.1) is 0 Å². The molecule has 1 N–H and O–H groups in total. The Bertz CT molecular complexity index is 464. The van der Waals surface area contributed by atoms with E-state index in [2.05, 4.69) is 20.9 Å². The average Bonchev–Trinajstić information content (AvgIpc) is 2.63. The second-order valence-electron chi connectivity index (χ2n) is 2.94. The summed E-state index contributed by atoms with van der Waals surface area (Å²) in [6, 6.07) is 5.39. The zero-order valence-electron chi connectivity index (χ0n) is 7.58. The van der Waals surface area contributed by atoms with Crippen LogP contribution in [-0.4, -0.2) is 10.1 Å². The number of aliphatic hydroxyl groups excluding tert-OH is 1. The molecule has 0 aliphatic heterocycles. The number of aromatic nitrogens is 1. The van der Waals surface area contributed by atoms with Crippen LogP contribution in [0.5, 0.6) is 0 Å². The van der Waals surface area contributed by atoms with Gasteiger partial charge in [0.2, 0.25) is 0 Å². The summed E-state index contributed by atoms with van der Waals surface area (Å²) in [5, 5.41) is 9.64. The SMILES string of the molecule is OCc1ncoc1-c1cc(Cl)cc(Br)c1. The van der Waals surface area contributed by atoms with Gasteiger partial charge in [0.15, 0.2) is 12.2 Å². The summed E-state index contributed by atoms with van der Waals surface area (Å²) in [4.78, 5) is 3.90. The lowest BCUT2D eigenvalue weighted by atomic mass is 10.1. The van der Waals surface area contributed by atoms with Crippen molar-refractivity contribution in [3.63, 3.8) is 0 Å². The smallest absolute Gasteiger partial charge is 0.181 e. The Morgan fingerprint density at radius 1 is 1.40 bits per heavy atom. The third-order valence-electron chi connectivity index (χ3n) is 1.92. The molecule has 0 bridgehead atoms. The van der Waals surface area contributed by atoms with E-state index in [4.69, 9.17) is 21.1 Å². The van der Waals surface area contributed by atoms with Gasteiger partial charge < -0.3 is 9.52 Å². The van der Waals surface area contributed by atoms with Gasteiger partial charge in [0.1, 0.15) is 5.69 Å². The average molecular weight is 289 g/mol. The minimum Gasteiger partial charge on any atom is -0.443 e. The van der Waals surface area contributed by atoms with Crippen molar-refractivity contribution >= 4 is 27.5 Å². The molecular weight excluding hydrogens is 281 g/mol. The predicted octanol–water partition coefficient (Wildman–Crippen LogP) is 3.25. The normalized spacial score (nSPS) is 10.6. The molecule has 0 atom stereocenters. The van der Waals surface area contributed by atoms with Crippen molar-refractivity contribution in [2.24, 2.45) is 0 Å². The minimum absolute atomic E-state index is 0.157. The van der Waals surface area contributed by atoms with E-state index in [-0.39, 0.29) is 6.61 Å². The van der Waals surface area contributed by atoms with Crippen LogP contribution in [-0.2, 0) is 6.61 Å². The summed E-state index contributed by atoms with van der Waals surface area (Å²) in [7, 11) is 0. The molecule has 1 aromatic carbocycles. The van der Waals surface area contributed by atoms with Crippen molar-refractivity contribution in [3.05, 3.63) is 39.8 Å². The molecule has 0 saturated carbocycles. The number of benzene rings is 1. The number of hydrogen-bond donors (Lipinski definition) is 1. The number of aliphatic hydroxyl groups is 1. The number of rotatable bonds is 2. The second kappa shape index (κ2) is 4.35. The Morgan fingerprint density at radius 3 is 2.87 bits per heavy atom. The molecule has 2 rings (SSSR count). The van der Waals surface area contributed by atoms with E-state index in [1.807, 2.05) is 6.07 Å². The van der Waals surface area contributed by atoms with Gasteiger partial charge in [-0.1, -0.05) is 27.5 Å². The standard InChI is InChI=1S/C10H7BrClNO2/c11-7-1-6(2-8(12)3-7)10-9(4-14)13-5-15-10/h1-3,5,14H,4H2. The van der Waals surface area contributed by atoms with Gasteiger partial charge in [0, 0.05) is 15.1 Å². The van der Waals surface area contributed by atoms with Gasteiger partial charge in [-0.05, 0) is 18.2 Å². The van der Waals surface area contributed by atoms with E-state index >= 15 is 0 Å². The maximum Gasteiger partial charge on any atom is 0.181 e. The van der Waals surface area contributed by atoms with Crippen molar-refractivity contribution in [2.75, 3.05) is 0 Å². The van der Waals surface area contributed by atoms with E-state index in [1.54, 1.807) is 12.1 Å². The van der Waals surface area contributed by atoms with Gasteiger partial charge in [0.25, 0.3) is 0 Å². The second-order valence-corrected chi connectivity index (χ2v) is 4.30. The quantitative estimate of drug-likeness (QED) is 0.922. The van der Waals surface area contributed by atoms with Gasteiger partial charge in [-0.25, -0.2) is 4.98 Å². The Kier molecular flexibility index (Phi) is 3.09. The molecule has 78 valence electrons. The monoisotopic (exact) mass is 287 g/mol. The summed E-state index contributed by atoms with van der Waals surface area (Å²) >= 11 is 9.24. The number of halogens is 2. The molecule has 3 nitrogen and oxygen atoms in total. The van der Waals surface area contributed by atoms with Crippen molar-refractivity contribution in [2.45, 2.75) is 6.61 Å². The maximum absolute atomic E-state index is 9.04. The minimum atomic E-state index is -0.157. The highest BCUT2D eigenvalue weighted by molar-refractivity contribution is 9.10. The van der Waals surface area contributed by atoms with Crippen molar-refractivity contribution in [3.8, 4) is 11.3 Å². The van der Waals surface area contributed by atoms with E-state index in [0.717, 1.165) is 10.0 Å². The highest BCUT2D eigenvalue weighted by atomic mass is 79.9. The Morgan fingerprint density at radius 2 is 2.20 bits per heavy atom. The molecule has 15 heavy (non-hydrogen) atoms. The van der Waals surface area contributed by atoms with Gasteiger partial charge >= 0.3 is 0 Å². The maximum atomic E-state index is 9.04. The molecule has 2 aromatic rings. The number of oxazole rings is 1. The number of hydrogen-bond acceptors (Lipinski definition) is 3. The summed E-state index contributed by atoms with van der Waals surface area (Å²) in [6.07, 6.45) is 1.30. The van der Waals surface area contributed by atoms with Gasteiger partial charge in [0.05, 0.1) is 6.61 Å². The molecule has 0 aliphatic rings. The van der Waals surface area contributed by atoms with E-state index in [0.29, 0.717) is 16.5 Å². The first-order valence-electron chi connectivity index (χ1n) is 4.20. The van der Waals surface area contributed by atoms with Crippen LogP contribution in [0.4, 0.5) is 0 Å². The molecule has 0 spiro atoms. The molecular formula is C10H7BrClNO2. The Balaban J connectivity index is 2.53. The molecule has 0 aliphatic carbocycles. The molecule has 1 heterocycles. The zero-order valence-corrected chi connectivity index (χ0v) is 9.92. The summed E-state index contributed by atoms with van der Waals surface area (Å²) in [6.45, 7) is -0.157. The largest absolute Gasteiger partial charge is 0.443 e. The van der Waals surface area contributed by atoms with Crippen LogP contribution >= 0.6 is 27.5 Å². The van der Waals surface area contributed by atoms with Crippen molar-refractivity contribution in [1.82, 2.24) is 4.98 Å². The molecule has 0 amide bonds. The third kappa shape index (κ3) is 2.22. The van der Waals surface area contributed by atoms with Crippen molar-refractivity contribution < 1.29 is 9.52 Å². The van der Waals surface area contributed by atoms with Gasteiger partial charge in [-0.3, -0.25) is 0 Å². The van der Waals surface area contributed by atoms with E-state index < -0.39 is 0 Å². The van der Waals surface area contributed by atoms with Crippen molar-refractivity contribution in [1.29, 1.82) is 0 Å². The van der Waals surface area contributed by atoms with E-state index in [9.17, 15) is 0 Å². The lowest BCUT2D eigenvalue weighted by Crippen LogP contribution is -1.86. The van der Waals surface area contributed by atoms with Crippen LogP contribution < -0.4 is 0 Å². The first kappa shape index (κ1) is 10.7. The third-order valence-corrected chi connectivity index (χ3v) is 2.59. The first-order valence-corrected chi connectivity index (χ1v) is 5.37. The van der Waals surface area contributed by atoms with Crippen LogP contribution in [0.3, 0.4) is 0 Å². The molecule has 1 aromatic heterocycles. The summed E-state index contributed by atoms with van der Waals surface area (Å²) < 4.78 is 6.05. The summed E-state index contributed by atoms with van der Waals surface area (Å²) in [5.41, 5.74) is 1.29. The molecule has 0 unspecified atom stereocenters. The zero-order chi connectivity index (χ0) is 10.8. The van der Waals surface area contributed by atoms with Crippen LogP contribution in [0.2, 0.25) is 5.02 Å². The lowest BCUT2D eigenvalue weighted by Gasteiger charge is -2.01. The topological polar surface area (TPSA) is 46.3 Å². The fourth-order valence-electron chi connectivity index (χ4n) is 1.30. The van der Waals surface area contributed by atoms with E-state index in [1.165, 1.54) is 6.39 Å². The molecule has 0 radical (unpaired) electrons.